The number of hydrogen-bond donors (Lipinski definition) is 0. The van der Waals surface area contributed by atoms with E-state index in [4.69, 9.17) is 9.47 Å². The van der Waals surface area contributed by atoms with Gasteiger partial charge in [-0.05, 0) is 16.6 Å². The minimum Gasteiger partial charge on any atom is -0.382 e. The quantitative estimate of drug-likeness (QED) is 0.310. The van der Waals surface area contributed by atoms with E-state index in [2.05, 4.69) is 4.98 Å². The number of nitro groups is 1. The van der Waals surface area contributed by atoms with Crippen molar-refractivity contribution < 1.29 is 14.4 Å². The maximum Gasteiger partial charge on any atom is 0.372 e. The molecule has 2 aromatic heterocycles. The van der Waals surface area contributed by atoms with Crippen LogP contribution >= 0.6 is 0 Å². The molecule has 0 aliphatic rings. The van der Waals surface area contributed by atoms with Crippen LogP contribution in [0.5, 0.6) is 0 Å². The Labute approximate surface area is 157 Å². The Kier molecular flexibility index (Phi) is 6.35. The molecule has 2 heterocycles. The van der Waals surface area contributed by atoms with Crippen molar-refractivity contribution in [2.75, 3.05) is 38.4 Å². The number of methoxy groups -OCH3 is 1. The van der Waals surface area contributed by atoms with E-state index in [-0.39, 0.29) is 10.7 Å². The van der Waals surface area contributed by atoms with Crippen molar-refractivity contribution in [3.63, 3.8) is 0 Å². The Bertz CT molecular complexity index is 882. The van der Waals surface area contributed by atoms with E-state index in [0.717, 1.165) is 5.56 Å². The first-order chi connectivity index (χ1) is 13.2. The van der Waals surface area contributed by atoms with Crippen molar-refractivity contribution in [3.05, 3.63) is 70.4 Å². The van der Waals surface area contributed by atoms with Crippen molar-refractivity contribution >= 4 is 17.3 Å². The average molecular weight is 370 g/mol. The molecule has 0 aliphatic carbocycles. The summed E-state index contributed by atoms with van der Waals surface area (Å²) in [7, 11) is 1.62. The predicted octanol–water partition coefficient (Wildman–Crippen LogP) is 2.91. The second kappa shape index (κ2) is 9.11. The van der Waals surface area contributed by atoms with E-state index in [1.165, 1.54) is 4.40 Å². The number of pyridine rings is 1. The maximum absolute atomic E-state index is 11.7. The van der Waals surface area contributed by atoms with Crippen LogP contribution in [0.2, 0.25) is 0 Å². The molecule has 8 nitrogen and oxygen atoms in total. The Hall–Kier alpha value is -2.97. The number of nitrogens with zero attached hydrogens (tertiary/aromatic N) is 4. The van der Waals surface area contributed by atoms with Crippen LogP contribution in [0.3, 0.4) is 0 Å². The number of benzene rings is 1. The summed E-state index contributed by atoms with van der Waals surface area (Å²) in [5.41, 5.74) is 1.58. The molecule has 0 unspecified atom stereocenters. The summed E-state index contributed by atoms with van der Waals surface area (Å²) in [5, 5.41) is 11.7. The zero-order valence-electron chi connectivity index (χ0n) is 15.2. The summed E-state index contributed by atoms with van der Waals surface area (Å²) in [4.78, 5) is 17.7. The van der Waals surface area contributed by atoms with Gasteiger partial charge in [-0.15, -0.1) is 0 Å². The molecule has 0 fully saturated rings. The highest BCUT2D eigenvalue weighted by atomic mass is 16.6. The molecular weight excluding hydrogens is 348 g/mol. The largest absolute Gasteiger partial charge is 0.382 e. The Morgan fingerprint density at radius 1 is 1.11 bits per heavy atom. The van der Waals surface area contributed by atoms with Gasteiger partial charge in [-0.1, -0.05) is 36.4 Å². The van der Waals surface area contributed by atoms with Gasteiger partial charge in [-0.2, -0.15) is 9.38 Å². The molecule has 0 bridgehead atoms. The highest BCUT2D eigenvalue weighted by Gasteiger charge is 2.27. The van der Waals surface area contributed by atoms with Crippen LogP contribution in [0.1, 0.15) is 5.56 Å². The van der Waals surface area contributed by atoms with Gasteiger partial charge in [0.25, 0.3) is 0 Å². The molecule has 8 heteroatoms. The first-order valence-electron chi connectivity index (χ1n) is 8.67. The summed E-state index contributed by atoms with van der Waals surface area (Å²) >= 11 is 0. The molecular formula is C19H22N4O4. The summed E-state index contributed by atoms with van der Waals surface area (Å²) < 4.78 is 12.0. The van der Waals surface area contributed by atoms with E-state index in [1.807, 2.05) is 41.3 Å². The van der Waals surface area contributed by atoms with Gasteiger partial charge in [0.05, 0.1) is 26.0 Å². The monoisotopic (exact) mass is 370 g/mol. The zero-order valence-corrected chi connectivity index (χ0v) is 15.2. The van der Waals surface area contributed by atoms with Crippen molar-refractivity contribution in [2.24, 2.45) is 0 Å². The molecule has 1 aromatic carbocycles. The van der Waals surface area contributed by atoms with Gasteiger partial charge in [0.2, 0.25) is 11.5 Å². The number of fused-ring (bicyclic) bond motifs is 1. The molecule has 3 rings (SSSR count). The fraction of sp³-hybridized carbons (Fsp3) is 0.316. The van der Waals surface area contributed by atoms with Crippen LogP contribution in [0.15, 0.2) is 54.7 Å². The number of imidazole rings is 1. The van der Waals surface area contributed by atoms with E-state index in [9.17, 15) is 10.1 Å². The number of rotatable bonds is 10. The summed E-state index contributed by atoms with van der Waals surface area (Å²) in [6, 6.07) is 15.1. The number of anilines is 1. The number of hydrogen-bond acceptors (Lipinski definition) is 6. The smallest absolute Gasteiger partial charge is 0.372 e. The Morgan fingerprint density at radius 2 is 1.89 bits per heavy atom. The fourth-order valence-electron chi connectivity index (χ4n) is 2.83. The third kappa shape index (κ3) is 4.60. The van der Waals surface area contributed by atoms with E-state index < -0.39 is 0 Å². The lowest BCUT2D eigenvalue weighted by molar-refractivity contribution is -0.389. The molecule has 0 saturated carbocycles. The van der Waals surface area contributed by atoms with Gasteiger partial charge < -0.3 is 24.5 Å². The first-order valence-corrected chi connectivity index (χ1v) is 8.67. The normalized spacial score (nSPS) is 11.0. The van der Waals surface area contributed by atoms with Gasteiger partial charge in [-0.25, -0.2) is 0 Å². The molecule has 0 saturated heterocycles. The molecule has 0 radical (unpaired) electrons. The maximum atomic E-state index is 11.7. The van der Waals surface area contributed by atoms with Crippen molar-refractivity contribution in [3.8, 4) is 0 Å². The highest BCUT2D eigenvalue weighted by Crippen LogP contribution is 2.29. The van der Waals surface area contributed by atoms with Gasteiger partial charge in [0.15, 0.2) is 0 Å². The third-order valence-electron chi connectivity index (χ3n) is 4.11. The van der Waals surface area contributed by atoms with Crippen LogP contribution in [0.4, 0.5) is 11.6 Å². The minimum absolute atomic E-state index is 0.0431. The average Bonchev–Trinajstić information content (AvgIpc) is 3.07. The number of aromatic nitrogens is 2. The van der Waals surface area contributed by atoms with Crippen LogP contribution in [-0.2, 0) is 16.0 Å². The van der Waals surface area contributed by atoms with E-state index >= 15 is 0 Å². The van der Waals surface area contributed by atoms with Crippen LogP contribution in [0.25, 0.3) is 5.65 Å². The van der Waals surface area contributed by atoms with Crippen LogP contribution < -0.4 is 4.90 Å². The minimum atomic E-state index is -0.390. The predicted molar refractivity (Wildman–Crippen MR) is 102 cm³/mol. The molecule has 0 atom stereocenters. The molecule has 3 aromatic rings. The lowest BCUT2D eigenvalue weighted by Gasteiger charge is -2.22. The molecule has 0 aliphatic heterocycles. The van der Waals surface area contributed by atoms with Gasteiger partial charge in [0.1, 0.15) is 0 Å². The Balaban J connectivity index is 1.90. The fourth-order valence-corrected chi connectivity index (χ4v) is 2.83. The van der Waals surface area contributed by atoms with E-state index in [0.29, 0.717) is 44.4 Å². The Morgan fingerprint density at radius 3 is 2.63 bits per heavy atom. The molecule has 27 heavy (non-hydrogen) atoms. The lowest BCUT2D eigenvalue weighted by atomic mass is 10.2. The number of ether oxygens (including phenoxy) is 2. The summed E-state index contributed by atoms with van der Waals surface area (Å²) in [5.74, 6) is 0.295. The standard InChI is InChI=1S/C19H22N4O4/c1-26-13-14-27-12-11-21(15-16-7-3-2-4-8-16)18-19(23(24)25)22-10-6-5-9-17(22)20-18/h2-10H,11-15H2,1H3. The van der Waals surface area contributed by atoms with Crippen LogP contribution in [0, 0.1) is 10.1 Å². The first kappa shape index (κ1) is 18.8. The molecule has 0 spiro atoms. The summed E-state index contributed by atoms with van der Waals surface area (Å²) in [6.45, 7) is 2.37. The van der Waals surface area contributed by atoms with Crippen molar-refractivity contribution in [1.29, 1.82) is 0 Å². The van der Waals surface area contributed by atoms with E-state index in [1.54, 1.807) is 25.4 Å². The van der Waals surface area contributed by atoms with Crippen molar-refractivity contribution in [2.45, 2.75) is 6.54 Å². The van der Waals surface area contributed by atoms with Gasteiger partial charge in [0, 0.05) is 26.3 Å². The topological polar surface area (TPSA) is 82.1 Å². The van der Waals surface area contributed by atoms with Crippen molar-refractivity contribution in [1.82, 2.24) is 9.38 Å². The third-order valence-corrected chi connectivity index (χ3v) is 4.11. The molecule has 0 amide bonds. The summed E-state index contributed by atoms with van der Waals surface area (Å²) in [6.07, 6.45) is 1.65. The van der Waals surface area contributed by atoms with Gasteiger partial charge in [-0.3, -0.25) is 0 Å². The lowest BCUT2D eigenvalue weighted by Crippen LogP contribution is -2.28. The SMILES string of the molecule is COCCOCCN(Cc1ccccc1)c1nc2ccccn2c1[N+](=O)[O-]. The molecule has 142 valence electrons. The molecule has 0 N–H and O–H groups in total. The zero-order chi connectivity index (χ0) is 19.1. The van der Waals surface area contributed by atoms with Crippen LogP contribution in [-0.4, -0.2) is 47.8 Å². The second-order valence-electron chi connectivity index (χ2n) is 5.96. The second-order valence-corrected chi connectivity index (χ2v) is 5.96. The highest BCUT2D eigenvalue weighted by molar-refractivity contribution is 5.63. The van der Waals surface area contributed by atoms with Gasteiger partial charge >= 0.3 is 5.82 Å².